The summed E-state index contributed by atoms with van der Waals surface area (Å²) in [5, 5.41) is 9.63. The van der Waals surface area contributed by atoms with E-state index in [-0.39, 0.29) is 11.8 Å². The SMILES string of the molecule is O=C(O)CC1(c2cc(Cl)cc(OCC3CC3)c2)CC1. The molecule has 0 amide bonds. The highest BCUT2D eigenvalue weighted by atomic mass is 35.5. The molecular weight excluding hydrogens is 264 g/mol. The van der Waals surface area contributed by atoms with E-state index in [4.69, 9.17) is 21.4 Å². The van der Waals surface area contributed by atoms with Crippen LogP contribution in [0.15, 0.2) is 18.2 Å². The fourth-order valence-corrected chi connectivity index (χ4v) is 2.68. The van der Waals surface area contributed by atoms with E-state index in [1.54, 1.807) is 0 Å². The van der Waals surface area contributed by atoms with Crippen molar-refractivity contribution in [2.45, 2.75) is 37.5 Å². The first-order valence-electron chi connectivity index (χ1n) is 6.73. The summed E-state index contributed by atoms with van der Waals surface area (Å²) >= 11 is 6.12. The van der Waals surface area contributed by atoms with Crippen LogP contribution in [-0.2, 0) is 10.2 Å². The summed E-state index contributed by atoms with van der Waals surface area (Å²) in [5.41, 5.74) is 0.794. The van der Waals surface area contributed by atoms with Crippen LogP contribution in [0.5, 0.6) is 5.75 Å². The lowest BCUT2D eigenvalue weighted by Gasteiger charge is -2.15. The van der Waals surface area contributed by atoms with Crippen LogP contribution in [-0.4, -0.2) is 17.7 Å². The van der Waals surface area contributed by atoms with Gasteiger partial charge in [-0.05, 0) is 55.4 Å². The molecule has 0 saturated heterocycles. The quantitative estimate of drug-likeness (QED) is 0.865. The van der Waals surface area contributed by atoms with E-state index in [1.807, 2.05) is 18.2 Å². The van der Waals surface area contributed by atoms with Gasteiger partial charge in [0.1, 0.15) is 5.75 Å². The molecule has 1 aromatic carbocycles. The Balaban J connectivity index is 1.78. The Morgan fingerprint density at radius 1 is 1.37 bits per heavy atom. The third kappa shape index (κ3) is 3.03. The molecule has 1 aromatic rings. The van der Waals surface area contributed by atoms with Crippen molar-refractivity contribution >= 4 is 17.6 Å². The van der Waals surface area contributed by atoms with Crippen LogP contribution in [0.2, 0.25) is 5.02 Å². The number of aliphatic carboxylic acids is 1. The molecule has 102 valence electrons. The Kier molecular flexibility index (Phi) is 3.17. The smallest absolute Gasteiger partial charge is 0.304 e. The van der Waals surface area contributed by atoms with E-state index >= 15 is 0 Å². The molecule has 3 rings (SSSR count). The molecule has 1 N–H and O–H groups in total. The monoisotopic (exact) mass is 280 g/mol. The van der Waals surface area contributed by atoms with Gasteiger partial charge in [-0.3, -0.25) is 4.79 Å². The Morgan fingerprint density at radius 3 is 2.68 bits per heavy atom. The maximum absolute atomic E-state index is 11.0. The van der Waals surface area contributed by atoms with Gasteiger partial charge in [0.15, 0.2) is 0 Å². The number of halogens is 1. The van der Waals surface area contributed by atoms with Crippen molar-refractivity contribution in [3.05, 3.63) is 28.8 Å². The van der Waals surface area contributed by atoms with Crippen molar-refractivity contribution < 1.29 is 14.6 Å². The van der Waals surface area contributed by atoms with Crippen LogP contribution in [0.3, 0.4) is 0 Å². The van der Waals surface area contributed by atoms with Gasteiger partial charge in [0.2, 0.25) is 0 Å². The molecule has 0 atom stereocenters. The molecule has 19 heavy (non-hydrogen) atoms. The summed E-state index contributed by atoms with van der Waals surface area (Å²) in [6.07, 6.45) is 4.51. The zero-order valence-electron chi connectivity index (χ0n) is 10.7. The van der Waals surface area contributed by atoms with Crippen molar-refractivity contribution in [2.75, 3.05) is 6.61 Å². The first kappa shape index (κ1) is 12.8. The van der Waals surface area contributed by atoms with Crippen molar-refractivity contribution in [2.24, 2.45) is 5.92 Å². The molecule has 3 nitrogen and oxygen atoms in total. The van der Waals surface area contributed by atoms with Crippen molar-refractivity contribution in [3.63, 3.8) is 0 Å². The van der Waals surface area contributed by atoms with Crippen LogP contribution in [0.4, 0.5) is 0 Å². The van der Waals surface area contributed by atoms with Crippen molar-refractivity contribution in [1.82, 2.24) is 0 Å². The number of carbonyl (C=O) groups is 1. The van der Waals surface area contributed by atoms with Gasteiger partial charge < -0.3 is 9.84 Å². The summed E-state index contributed by atoms with van der Waals surface area (Å²) in [4.78, 5) is 11.0. The van der Waals surface area contributed by atoms with Gasteiger partial charge in [-0.1, -0.05) is 11.6 Å². The molecule has 0 spiro atoms. The second-order valence-corrected chi connectivity index (χ2v) is 6.22. The minimum Gasteiger partial charge on any atom is -0.493 e. The molecule has 0 bridgehead atoms. The van der Waals surface area contributed by atoms with Gasteiger partial charge in [0.05, 0.1) is 13.0 Å². The Hall–Kier alpha value is -1.22. The average molecular weight is 281 g/mol. The lowest BCUT2D eigenvalue weighted by molar-refractivity contribution is -0.137. The summed E-state index contributed by atoms with van der Waals surface area (Å²) in [6, 6.07) is 5.65. The Labute approximate surface area is 117 Å². The molecule has 2 aliphatic rings. The second-order valence-electron chi connectivity index (χ2n) is 5.78. The predicted molar refractivity (Wildman–Crippen MR) is 72.8 cm³/mol. The fraction of sp³-hybridized carbons (Fsp3) is 0.533. The molecule has 4 heteroatoms. The van der Waals surface area contributed by atoms with Gasteiger partial charge in [-0.15, -0.1) is 0 Å². The third-order valence-corrected chi connectivity index (χ3v) is 4.23. The van der Waals surface area contributed by atoms with E-state index in [0.29, 0.717) is 10.9 Å². The molecule has 2 fully saturated rings. The highest BCUT2D eigenvalue weighted by molar-refractivity contribution is 6.30. The molecule has 2 aliphatic carbocycles. The van der Waals surface area contributed by atoms with Gasteiger partial charge in [0.25, 0.3) is 0 Å². The highest BCUT2D eigenvalue weighted by Gasteiger charge is 2.46. The summed E-state index contributed by atoms with van der Waals surface area (Å²) < 4.78 is 5.75. The minimum atomic E-state index is -0.752. The molecular formula is C15H17ClO3. The molecule has 0 radical (unpaired) electrons. The van der Waals surface area contributed by atoms with Crippen molar-refractivity contribution in [3.8, 4) is 5.75 Å². The number of hydrogen-bond acceptors (Lipinski definition) is 2. The first-order valence-corrected chi connectivity index (χ1v) is 7.11. The molecule has 0 heterocycles. The maximum Gasteiger partial charge on any atom is 0.304 e. The van der Waals surface area contributed by atoms with E-state index in [2.05, 4.69) is 0 Å². The topological polar surface area (TPSA) is 46.5 Å². The predicted octanol–water partition coefficient (Wildman–Crippen LogP) is 3.64. The maximum atomic E-state index is 11.0. The minimum absolute atomic E-state index is 0.176. The van der Waals surface area contributed by atoms with E-state index < -0.39 is 5.97 Å². The van der Waals surface area contributed by atoms with E-state index in [9.17, 15) is 4.79 Å². The van der Waals surface area contributed by atoms with Crippen LogP contribution in [0, 0.1) is 5.92 Å². The van der Waals surface area contributed by atoms with E-state index in [0.717, 1.165) is 30.8 Å². The normalized spacial score (nSPS) is 20.1. The molecule has 0 aromatic heterocycles. The van der Waals surface area contributed by atoms with Gasteiger partial charge in [0, 0.05) is 10.4 Å². The summed E-state index contributed by atoms with van der Waals surface area (Å²) in [7, 11) is 0. The zero-order valence-corrected chi connectivity index (χ0v) is 11.4. The third-order valence-electron chi connectivity index (χ3n) is 4.01. The number of carboxylic acids is 1. The number of benzene rings is 1. The number of carboxylic acid groups (broad SMARTS) is 1. The van der Waals surface area contributed by atoms with Gasteiger partial charge in [-0.25, -0.2) is 0 Å². The van der Waals surface area contributed by atoms with Crippen LogP contribution in [0.25, 0.3) is 0 Å². The largest absolute Gasteiger partial charge is 0.493 e. The van der Waals surface area contributed by atoms with Crippen LogP contribution < -0.4 is 4.74 Å². The molecule has 0 unspecified atom stereocenters. The van der Waals surface area contributed by atoms with Crippen LogP contribution >= 0.6 is 11.6 Å². The second kappa shape index (κ2) is 4.71. The van der Waals surface area contributed by atoms with Crippen molar-refractivity contribution in [1.29, 1.82) is 0 Å². The number of rotatable bonds is 6. The summed E-state index contributed by atoms with van der Waals surface area (Å²) in [5.74, 6) is 0.709. The average Bonchev–Trinajstić information content (AvgIpc) is 3.21. The fourth-order valence-electron chi connectivity index (χ4n) is 2.46. The highest BCUT2D eigenvalue weighted by Crippen LogP contribution is 2.52. The van der Waals surface area contributed by atoms with Crippen LogP contribution in [0.1, 0.15) is 37.7 Å². The van der Waals surface area contributed by atoms with Gasteiger partial charge in [-0.2, -0.15) is 0 Å². The molecule has 0 aliphatic heterocycles. The Bertz CT molecular complexity index is 504. The van der Waals surface area contributed by atoms with Gasteiger partial charge >= 0.3 is 5.97 Å². The lowest BCUT2D eigenvalue weighted by Crippen LogP contribution is -2.13. The first-order chi connectivity index (χ1) is 9.07. The Morgan fingerprint density at radius 2 is 2.11 bits per heavy atom. The summed E-state index contributed by atoms with van der Waals surface area (Å²) in [6.45, 7) is 0.742. The molecule has 2 saturated carbocycles. The number of hydrogen-bond donors (Lipinski definition) is 1. The van der Waals surface area contributed by atoms with E-state index in [1.165, 1.54) is 12.8 Å². The number of ether oxygens (including phenoxy) is 1. The zero-order chi connectivity index (χ0) is 13.5. The lowest BCUT2D eigenvalue weighted by atomic mass is 9.92. The standard InChI is InChI=1S/C15H17ClO3/c16-12-5-11(15(3-4-15)8-14(17)18)6-13(7-12)19-9-10-1-2-10/h5-7,10H,1-4,8-9H2,(H,17,18).